The van der Waals surface area contributed by atoms with E-state index in [0.29, 0.717) is 0 Å². The van der Waals surface area contributed by atoms with E-state index in [2.05, 4.69) is 37.7 Å². The number of nitrogens with zero attached hydrogens (tertiary/aromatic N) is 3. The Kier molecular flexibility index (Phi) is 4.33. The van der Waals surface area contributed by atoms with Crippen LogP contribution < -0.4 is 5.59 Å². The molecule has 0 amide bonds. The normalized spacial score (nSPS) is 24.8. The van der Waals surface area contributed by atoms with Gasteiger partial charge >= 0.3 is 7.12 Å². The zero-order valence-electron chi connectivity index (χ0n) is 14.0. The molecule has 2 aliphatic rings. The lowest BCUT2D eigenvalue weighted by Gasteiger charge is -2.32. The molecule has 2 aliphatic heterocycles. The first-order chi connectivity index (χ1) is 10.4. The second-order valence-electron chi connectivity index (χ2n) is 7.05. The fourth-order valence-corrected chi connectivity index (χ4v) is 2.66. The topological polar surface area (TPSA) is 48.8 Å². The third-order valence-electron chi connectivity index (χ3n) is 4.91. The Balaban J connectivity index is 1.57. The van der Waals surface area contributed by atoms with Crippen molar-refractivity contribution < 1.29 is 14.0 Å². The van der Waals surface area contributed by atoms with Crippen LogP contribution in [0.5, 0.6) is 0 Å². The molecule has 2 saturated heterocycles. The van der Waals surface area contributed by atoms with Gasteiger partial charge in [0.05, 0.1) is 36.6 Å². The summed E-state index contributed by atoms with van der Waals surface area (Å²) in [6.45, 7) is 13.8. The fraction of sp³-hybridized carbons (Fsp3) is 0.800. The number of ether oxygens (including phenoxy) is 1. The Morgan fingerprint density at radius 2 is 1.73 bits per heavy atom. The molecule has 2 fully saturated rings. The van der Waals surface area contributed by atoms with Gasteiger partial charge in [-0.05, 0) is 33.8 Å². The van der Waals surface area contributed by atoms with Crippen molar-refractivity contribution in [3.8, 4) is 0 Å². The molecule has 0 atom stereocenters. The number of rotatable bonds is 4. The summed E-state index contributed by atoms with van der Waals surface area (Å²) in [5, 5.41) is 4.62. The third-order valence-corrected chi connectivity index (χ3v) is 4.91. The maximum absolute atomic E-state index is 6.03. The summed E-state index contributed by atoms with van der Waals surface area (Å²) in [6.07, 6.45) is 2.00. The molecule has 122 valence electrons. The van der Waals surface area contributed by atoms with E-state index < -0.39 is 0 Å². The Labute approximate surface area is 132 Å². The van der Waals surface area contributed by atoms with Gasteiger partial charge in [0.25, 0.3) is 0 Å². The van der Waals surface area contributed by atoms with Crippen LogP contribution in [0.1, 0.15) is 27.7 Å². The van der Waals surface area contributed by atoms with Gasteiger partial charge in [-0.25, -0.2) is 0 Å². The molecular formula is C15H26BN3O3. The van der Waals surface area contributed by atoms with E-state index in [0.717, 1.165) is 45.0 Å². The monoisotopic (exact) mass is 307 g/mol. The van der Waals surface area contributed by atoms with Crippen molar-refractivity contribution >= 4 is 12.7 Å². The van der Waals surface area contributed by atoms with Crippen LogP contribution in [0.4, 0.5) is 0 Å². The van der Waals surface area contributed by atoms with Crippen LogP contribution >= 0.6 is 0 Å². The van der Waals surface area contributed by atoms with Crippen molar-refractivity contribution in [2.75, 3.05) is 32.8 Å². The van der Waals surface area contributed by atoms with Gasteiger partial charge < -0.3 is 14.0 Å². The Morgan fingerprint density at radius 3 is 2.36 bits per heavy atom. The van der Waals surface area contributed by atoms with Gasteiger partial charge in [0.2, 0.25) is 0 Å². The highest BCUT2D eigenvalue weighted by molar-refractivity contribution is 6.61. The summed E-state index contributed by atoms with van der Waals surface area (Å²) in [7, 11) is -0.380. The van der Waals surface area contributed by atoms with E-state index in [1.54, 1.807) is 0 Å². The molecule has 6 nitrogen and oxygen atoms in total. The molecule has 1 aromatic heterocycles. The van der Waals surface area contributed by atoms with Crippen molar-refractivity contribution in [3.05, 3.63) is 12.3 Å². The number of morpholine rings is 1. The molecule has 7 heteroatoms. The van der Waals surface area contributed by atoms with Gasteiger partial charge in [-0.15, -0.1) is 0 Å². The molecule has 0 saturated carbocycles. The number of hydrogen-bond donors (Lipinski definition) is 0. The number of hydrogen-bond acceptors (Lipinski definition) is 5. The molecule has 0 spiro atoms. The third kappa shape index (κ3) is 3.22. The van der Waals surface area contributed by atoms with Gasteiger partial charge in [0.1, 0.15) is 0 Å². The molecule has 0 radical (unpaired) electrons. The SMILES string of the molecule is CC1(C)OB(c2ccn(CCN3CCOCC3)n2)OC1(C)C. The molecule has 22 heavy (non-hydrogen) atoms. The predicted molar refractivity (Wildman–Crippen MR) is 85.2 cm³/mol. The smallest absolute Gasteiger partial charge is 0.398 e. The summed E-state index contributed by atoms with van der Waals surface area (Å²) >= 11 is 0. The van der Waals surface area contributed by atoms with Crippen molar-refractivity contribution in [2.45, 2.75) is 45.4 Å². The molecule has 0 aliphatic carbocycles. The Morgan fingerprint density at radius 1 is 1.09 bits per heavy atom. The Hall–Kier alpha value is -0.885. The van der Waals surface area contributed by atoms with Crippen molar-refractivity contribution in [2.24, 2.45) is 0 Å². The molecule has 0 aromatic carbocycles. The zero-order valence-corrected chi connectivity index (χ0v) is 14.0. The predicted octanol–water partition coefficient (Wildman–Crippen LogP) is 0.515. The summed E-state index contributed by atoms with van der Waals surface area (Å²) < 4.78 is 19.4. The van der Waals surface area contributed by atoms with E-state index in [1.807, 2.05) is 16.9 Å². The van der Waals surface area contributed by atoms with Crippen LogP contribution in [0, 0.1) is 0 Å². The first kappa shape index (κ1) is 16.0. The molecule has 0 N–H and O–H groups in total. The van der Waals surface area contributed by atoms with Gasteiger partial charge in [-0.2, -0.15) is 5.10 Å². The lowest BCUT2D eigenvalue weighted by atomic mass is 9.85. The first-order valence-corrected chi connectivity index (χ1v) is 8.06. The quantitative estimate of drug-likeness (QED) is 0.759. The second kappa shape index (κ2) is 5.96. The minimum absolute atomic E-state index is 0.324. The fourth-order valence-electron chi connectivity index (χ4n) is 2.66. The number of aromatic nitrogens is 2. The van der Waals surface area contributed by atoms with Crippen LogP contribution in [0.3, 0.4) is 0 Å². The van der Waals surface area contributed by atoms with Crippen LogP contribution in [0.15, 0.2) is 12.3 Å². The van der Waals surface area contributed by atoms with E-state index in [9.17, 15) is 0 Å². The lowest BCUT2D eigenvalue weighted by Crippen LogP contribution is -2.41. The van der Waals surface area contributed by atoms with Crippen molar-refractivity contribution in [1.29, 1.82) is 0 Å². The minimum Gasteiger partial charge on any atom is -0.398 e. The van der Waals surface area contributed by atoms with E-state index >= 15 is 0 Å². The van der Waals surface area contributed by atoms with Gasteiger partial charge in [0, 0.05) is 25.8 Å². The molecule has 3 rings (SSSR count). The standard InChI is InChI=1S/C15H26BN3O3/c1-14(2)15(3,4)22-16(21-14)13-5-6-19(17-13)8-7-18-9-11-20-12-10-18/h5-6H,7-12H2,1-4H3. The first-order valence-electron chi connectivity index (χ1n) is 8.06. The second-order valence-corrected chi connectivity index (χ2v) is 7.05. The van der Waals surface area contributed by atoms with E-state index in [1.165, 1.54) is 0 Å². The molecule has 0 bridgehead atoms. The highest BCUT2D eigenvalue weighted by Crippen LogP contribution is 2.36. The molecule has 0 unspecified atom stereocenters. The van der Waals surface area contributed by atoms with Gasteiger partial charge in [-0.3, -0.25) is 9.58 Å². The van der Waals surface area contributed by atoms with Crippen LogP contribution in [0.2, 0.25) is 0 Å². The zero-order chi connectivity index (χ0) is 15.8. The molecule has 1 aromatic rings. The summed E-state index contributed by atoms with van der Waals surface area (Å²) in [6, 6.07) is 1.99. The Bertz CT molecular complexity index is 496. The van der Waals surface area contributed by atoms with Crippen molar-refractivity contribution in [3.63, 3.8) is 0 Å². The maximum atomic E-state index is 6.03. The molecular weight excluding hydrogens is 281 g/mol. The largest absolute Gasteiger partial charge is 0.516 e. The molecule has 3 heterocycles. The van der Waals surface area contributed by atoms with Crippen LogP contribution in [0.25, 0.3) is 0 Å². The highest BCUT2D eigenvalue weighted by Gasteiger charge is 2.52. The average molecular weight is 307 g/mol. The minimum atomic E-state index is -0.380. The van der Waals surface area contributed by atoms with Gasteiger partial charge in [-0.1, -0.05) is 0 Å². The maximum Gasteiger partial charge on any atom is 0.516 e. The lowest BCUT2D eigenvalue weighted by molar-refractivity contribution is 0.00578. The van der Waals surface area contributed by atoms with Crippen LogP contribution in [-0.2, 0) is 20.6 Å². The highest BCUT2D eigenvalue weighted by atomic mass is 16.7. The summed E-state index contributed by atoms with van der Waals surface area (Å²) in [4.78, 5) is 2.40. The van der Waals surface area contributed by atoms with Crippen molar-refractivity contribution in [1.82, 2.24) is 14.7 Å². The summed E-state index contributed by atoms with van der Waals surface area (Å²) in [5.41, 5.74) is 0.199. The van der Waals surface area contributed by atoms with Crippen LogP contribution in [-0.4, -0.2) is 65.8 Å². The van der Waals surface area contributed by atoms with E-state index in [4.69, 9.17) is 14.0 Å². The summed E-state index contributed by atoms with van der Waals surface area (Å²) in [5.74, 6) is 0. The average Bonchev–Trinajstić information content (AvgIpc) is 3.01. The van der Waals surface area contributed by atoms with E-state index in [-0.39, 0.29) is 18.3 Å². The van der Waals surface area contributed by atoms with Gasteiger partial charge in [0.15, 0.2) is 0 Å².